The highest BCUT2D eigenvalue weighted by atomic mass is 127. The van der Waals surface area contributed by atoms with Gasteiger partial charge in [-0.05, 0) is 12.8 Å². The second-order valence-electron chi connectivity index (χ2n) is 5.98. The van der Waals surface area contributed by atoms with Crippen LogP contribution in [0.1, 0.15) is 33.6 Å². The molecule has 26 heavy (non-hydrogen) atoms. The predicted octanol–water partition coefficient (Wildman–Crippen LogP) is 2.38. The number of anilines is 1. The van der Waals surface area contributed by atoms with Crippen molar-refractivity contribution in [2.75, 3.05) is 31.5 Å². The minimum Gasteiger partial charge on any atom is -0.368 e. The third-order valence-electron chi connectivity index (χ3n) is 4.25. The smallest absolute Gasteiger partial charge is 0.191 e. The van der Waals surface area contributed by atoms with E-state index in [1.54, 1.807) is 17.2 Å². The Morgan fingerprint density at radius 2 is 1.92 bits per heavy atom. The average Bonchev–Trinajstić information content (AvgIpc) is 3.01. The fourth-order valence-electron chi connectivity index (χ4n) is 2.57. The maximum atomic E-state index is 4.68. The molecule has 0 unspecified atom stereocenters. The molecular weight excluding hydrogens is 443 g/mol. The first kappa shape index (κ1) is 22.4. The SMILES string of the molecule is CCNC(=NCC(CC)CC)NCCNc1ncnc2c1cnn2C.I. The molecule has 2 rings (SSSR count). The maximum Gasteiger partial charge on any atom is 0.191 e. The van der Waals surface area contributed by atoms with Crippen molar-refractivity contribution < 1.29 is 0 Å². The van der Waals surface area contributed by atoms with Crippen LogP contribution < -0.4 is 16.0 Å². The molecule has 0 radical (unpaired) electrons. The number of hydrogen-bond acceptors (Lipinski definition) is 5. The number of fused-ring (bicyclic) bond motifs is 1. The first-order chi connectivity index (χ1) is 12.2. The Balaban J connectivity index is 0.00000338. The Morgan fingerprint density at radius 1 is 1.15 bits per heavy atom. The molecule has 8 nitrogen and oxygen atoms in total. The van der Waals surface area contributed by atoms with Crippen molar-refractivity contribution in [3.05, 3.63) is 12.5 Å². The molecule has 0 saturated heterocycles. The highest BCUT2D eigenvalue weighted by Gasteiger charge is 2.07. The van der Waals surface area contributed by atoms with Crippen molar-refractivity contribution in [3.63, 3.8) is 0 Å². The Hall–Kier alpha value is -1.65. The van der Waals surface area contributed by atoms with E-state index in [0.29, 0.717) is 5.92 Å². The normalized spacial score (nSPS) is 11.5. The van der Waals surface area contributed by atoms with E-state index in [9.17, 15) is 0 Å². The summed E-state index contributed by atoms with van der Waals surface area (Å²) in [5.74, 6) is 2.32. The molecule has 146 valence electrons. The van der Waals surface area contributed by atoms with E-state index in [4.69, 9.17) is 0 Å². The fraction of sp³-hybridized carbons (Fsp3) is 0.647. The third kappa shape index (κ3) is 6.26. The summed E-state index contributed by atoms with van der Waals surface area (Å²) in [5.41, 5.74) is 0.825. The lowest BCUT2D eigenvalue weighted by atomic mass is 10.0. The second kappa shape index (κ2) is 11.9. The van der Waals surface area contributed by atoms with Gasteiger partial charge in [0.2, 0.25) is 0 Å². The molecule has 0 aromatic carbocycles. The van der Waals surface area contributed by atoms with Crippen LogP contribution in [0.3, 0.4) is 0 Å². The molecule has 0 fully saturated rings. The van der Waals surface area contributed by atoms with Crippen LogP contribution in [0.2, 0.25) is 0 Å². The quantitative estimate of drug-likeness (QED) is 0.224. The van der Waals surface area contributed by atoms with Gasteiger partial charge in [-0.3, -0.25) is 9.67 Å². The Bertz CT molecular complexity index is 680. The number of nitrogens with one attached hydrogen (secondary N) is 3. The molecule has 0 aliphatic carbocycles. The molecular formula is C17H31IN8. The number of aryl methyl sites for hydroxylation is 1. The van der Waals surface area contributed by atoms with Crippen molar-refractivity contribution in [3.8, 4) is 0 Å². The number of nitrogens with zero attached hydrogens (tertiary/aromatic N) is 5. The van der Waals surface area contributed by atoms with E-state index in [1.165, 1.54) is 0 Å². The molecule has 3 N–H and O–H groups in total. The van der Waals surface area contributed by atoms with Gasteiger partial charge in [-0.1, -0.05) is 26.7 Å². The topological polar surface area (TPSA) is 92.1 Å². The van der Waals surface area contributed by atoms with Crippen LogP contribution in [0.15, 0.2) is 17.5 Å². The van der Waals surface area contributed by atoms with Crippen LogP contribution in [0, 0.1) is 5.92 Å². The van der Waals surface area contributed by atoms with Gasteiger partial charge < -0.3 is 16.0 Å². The van der Waals surface area contributed by atoms with Crippen LogP contribution in [0.4, 0.5) is 5.82 Å². The molecule has 0 amide bonds. The number of guanidine groups is 1. The Morgan fingerprint density at radius 3 is 2.62 bits per heavy atom. The predicted molar refractivity (Wildman–Crippen MR) is 118 cm³/mol. The standard InChI is InChI=1S/C17H30N8.HI/c1-5-13(6-2)10-21-17(18-7-3)20-9-8-19-15-14-11-24-25(4)16(14)23-12-22-15;/h11-13H,5-10H2,1-4H3,(H2,18,20,21)(H,19,22,23);1H. The highest BCUT2D eigenvalue weighted by Crippen LogP contribution is 2.17. The zero-order valence-corrected chi connectivity index (χ0v) is 18.4. The minimum absolute atomic E-state index is 0. The summed E-state index contributed by atoms with van der Waals surface area (Å²) in [5, 5.41) is 15.1. The van der Waals surface area contributed by atoms with Gasteiger partial charge in [-0.2, -0.15) is 5.10 Å². The van der Waals surface area contributed by atoms with Gasteiger partial charge in [0, 0.05) is 33.2 Å². The van der Waals surface area contributed by atoms with Gasteiger partial charge in [0.25, 0.3) is 0 Å². The summed E-state index contributed by atoms with van der Waals surface area (Å²) in [4.78, 5) is 13.2. The average molecular weight is 474 g/mol. The lowest BCUT2D eigenvalue weighted by Crippen LogP contribution is -2.40. The molecule has 2 aromatic heterocycles. The van der Waals surface area contributed by atoms with E-state index in [1.807, 2.05) is 7.05 Å². The van der Waals surface area contributed by atoms with Gasteiger partial charge in [-0.15, -0.1) is 24.0 Å². The number of halogens is 1. The van der Waals surface area contributed by atoms with Gasteiger partial charge in [0.15, 0.2) is 11.6 Å². The Labute approximate surface area is 172 Å². The van der Waals surface area contributed by atoms with Crippen molar-refractivity contribution in [2.45, 2.75) is 33.6 Å². The maximum absolute atomic E-state index is 4.68. The van der Waals surface area contributed by atoms with Crippen molar-refractivity contribution in [1.82, 2.24) is 30.4 Å². The number of aliphatic imine (C=N–C) groups is 1. The van der Waals surface area contributed by atoms with Gasteiger partial charge in [0.05, 0.1) is 11.6 Å². The number of rotatable bonds is 9. The zero-order chi connectivity index (χ0) is 18.1. The summed E-state index contributed by atoms with van der Waals surface area (Å²) >= 11 is 0. The van der Waals surface area contributed by atoms with Crippen LogP contribution in [-0.2, 0) is 7.05 Å². The summed E-state index contributed by atoms with van der Waals surface area (Å²) in [6.07, 6.45) is 5.67. The minimum atomic E-state index is 0. The number of aromatic nitrogens is 4. The van der Waals surface area contributed by atoms with E-state index in [-0.39, 0.29) is 24.0 Å². The van der Waals surface area contributed by atoms with Crippen LogP contribution in [0.25, 0.3) is 11.0 Å². The summed E-state index contributed by atoms with van der Waals surface area (Å²) in [7, 11) is 1.87. The first-order valence-electron chi connectivity index (χ1n) is 9.08. The third-order valence-corrected chi connectivity index (χ3v) is 4.25. The lowest BCUT2D eigenvalue weighted by molar-refractivity contribution is 0.504. The number of hydrogen-bond donors (Lipinski definition) is 3. The van der Waals surface area contributed by atoms with E-state index >= 15 is 0 Å². The van der Waals surface area contributed by atoms with Gasteiger partial charge in [0.1, 0.15) is 12.1 Å². The molecule has 0 spiro atoms. The van der Waals surface area contributed by atoms with Crippen molar-refractivity contribution in [1.29, 1.82) is 0 Å². The molecule has 0 atom stereocenters. The highest BCUT2D eigenvalue weighted by molar-refractivity contribution is 14.0. The largest absolute Gasteiger partial charge is 0.368 e. The first-order valence-corrected chi connectivity index (χ1v) is 9.08. The summed E-state index contributed by atoms with van der Waals surface area (Å²) < 4.78 is 1.74. The monoisotopic (exact) mass is 474 g/mol. The second-order valence-corrected chi connectivity index (χ2v) is 5.98. The lowest BCUT2D eigenvalue weighted by Gasteiger charge is -2.14. The molecule has 9 heteroatoms. The molecule has 2 heterocycles. The van der Waals surface area contributed by atoms with Crippen LogP contribution in [-0.4, -0.2) is 51.9 Å². The van der Waals surface area contributed by atoms with Crippen LogP contribution >= 0.6 is 24.0 Å². The van der Waals surface area contributed by atoms with Gasteiger partial charge >= 0.3 is 0 Å². The van der Waals surface area contributed by atoms with Gasteiger partial charge in [-0.25, -0.2) is 9.97 Å². The van der Waals surface area contributed by atoms with E-state index in [0.717, 1.165) is 61.8 Å². The zero-order valence-electron chi connectivity index (χ0n) is 16.1. The van der Waals surface area contributed by atoms with E-state index in [2.05, 4.69) is 56.8 Å². The summed E-state index contributed by atoms with van der Waals surface area (Å²) in [6, 6.07) is 0. The van der Waals surface area contributed by atoms with E-state index < -0.39 is 0 Å². The Kier molecular flexibility index (Phi) is 10.2. The van der Waals surface area contributed by atoms with Crippen molar-refractivity contribution in [2.24, 2.45) is 18.0 Å². The van der Waals surface area contributed by atoms with Crippen molar-refractivity contribution >= 4 is 46.8 Å². The molecule has 0 bridgehead atoms. The fourth-order valence-corrected chi connectivity index (χ4v) is 2.57. The molecule has 2 aromatic rings. The summed E-state index contributed by atoms with van der Waals surface area (Å²) in [6.45, 7) is 9.70. The molecule has 0 aliphatic heterocycles. The molecule has 0 aliphatic rings. The van der Waals surface area contributed by atoms with Crippen LogP contribution in [0.5, 0.6) is 0 Å². The molecule has 0 saturated carbocycles.